The molecule has 0 aliphatic carbocycles. The van der Waals surface area contributed by atoms with Gasteiger partial charge in [-0.25, -0.2) is 0 Å². The Morgan fingerprint density at radius 3 is 2.91 bits per heavy atom. The first kappa shape index (κ1) is 15.7. The Hall–Kier alpha value is -2.21. The summed E-state index contributed by atoms with van der Waals surface area (Å²) in [5, 5.41) is 6.22. The fourth-order valence-electron chi connectivity index (χ4n) is 3.27. The number of piperidine rings is 1. The maximum Gasteiger partial charge on any atom is 0.292 e. The number of hydrogen-bond donors (Lipinski definition) is 1. The van der Waals surface area contributed by atoms with Gasteiger partial charge in [0.25, 0.3) is 11.7 Å². The summed E-state index contributed by atoms with van der Waals surface area (Å²) in [6.07, 6.45) is 2.29. The van der Waals surface area contributed by atoms with Crippen molar-refractivity contribution < 1.29 is 9.32 Å². The molecule has 1 amide bonds. The zero-order valence-electron chi connectivity index (χ0n) is 13.6. The van der Waals surface area contributed by atoms with E-state index in [1.54, 1.807) is 7.05 Å². The molecule has 3 rings (SSSR count). The molecule has 2 heterocycles. The van der Waals surface area contributed by atoms with Gasteiger partial charge >= 0.3 is 0 Å². The highest BCUT2D eigenvalue weighted by molar-refractivity contribution is 5.89. The van der Waals surface area contributed by atoms with Gasteiger partial charge in [-0.15, -0.1) is 0 Å². The van der Waals surface area contributed by atoms with Crippen LogP contribution in [0.25, 0.3) is 0 Å². The minimum absolute atomic E-state index is 0.0883. The van der Waals surface area contributed by atoms with Crippen molar-refractivity contribution in [2.24, 2.45) is 0 Å². The van der Waals surface area contributed by atoms with Crippen LogP contribution in [0.15, 0.2) is 34.9 Å². The fraction of sp³-hybridized carbons (Fsp3) is 0.471. The second-order valence-electron chi connectivity index (χ2n) is 6.33. The van der Waals surface area contributed by atoms with Crippen molar-refractivity contribution in [3.05, 3.63) is 47.6 Å². The highest BCUT2D eigenvalue weighted by Gasteiger charge is 2.33. The monoisotopic (exact) mass is 314 g/mol. The number of nitrogens with one attached hydrogen (secondary N) is 1. The molecule has 0 saturated carbocycles. The summed E-state index contributed by atoms with van der Waals surface area (Å²) in [5.74, 6) is 0.249. The first-order chi connectivity index (χ1) is 11.1. The normalized spacial score (nSPS) is 22.0. The molecule has 2 aromatic rings. The lowest BCUT2D eigenvalue weighted by atomic mass is 9.76. The Morgan fingerprint density at radius 1 is 1.39 bits per heavy atom. The van der Waals surface area contributed by atoms with E-state index in [1.165, 1.54) is 12.0 Å². The lowest BCUT2D eigenvalue weighted by Crippen LogP contribution is -2.43. The highest BCUT2D eigenvalue weighted by Crippen LogP contribution is 2.33. The average molecular weight is 314 g/mol. The maximum absolute atomic E-state index is 11.5. The van der Waals surface area contributed by atoms with Crippen molar-refractivity contribution in [3.8, 4) is 0 Å². The Balaban J connectivity index is 1.69. The summed E-state index contributed by atoms with van der Waals surface area (Å²) in [4.78, 5) is 18.0. The topological polar surface area (TPSA) is 71.3 Å². The molecule has 1 aromatic heterocycles. The number of aromatic nitrogens is 2. The molecule has 0 unspecified atom stereocenters. The zero-order chi connectivity index (χ0) is 16.3. The number of benzene rings is 1. The molecule has 0 bridgehead atoms. The van der Waals surface area contributed by atoms with E-state index < -0.39 is 0 Å². The Morgan fingerprint density at radius 2 is 2.17 bits per heavy atom. The molecular weight excluding hydrogens is 292 g/mol. The number of nitrogens with zero attached hydrogens (tertiary/aromatic N) is 3. The van der Waals surface area contributed by atoms with Crippen molar-refractivity contribution in [3.63, 3.8) is 0 Å². The number of rotatable bonds is 4. The lowest BCUT2D eigenvalue weighted by Gasteiger charge is -2.40. The molecule has 1 saturated heterocycles. The summed E-state index contributed by atoms with van der Waals surface area (Å²) in [6, 6.07) is 10.6. The van der Waals surface area contributed by atoms with Crippen molar-refractivity contribution in [1.82, 2.24) is 20.4 Å². The predicted octanol–water partition coefficient (Wildman–Crippen LogP) is 1.98. The standard InChI is InChI=1S/C17H22N4O2/c1-17(13-7-4-3-5-8-13)9-6-10-21(12-17)11-14-19-15(20-23-14)16(22)18-2/h3-5,7-8H,6,9-12H2,1-2H3,(H,18,22)/t17-/m0/s1. The highest BCUT2D eigenvalue weighted by atomic mass is 16.5. The molecule has 1 N–H and O–H groups in total. The van der Waals surface area contributed by atoms with Crippen molar-refractivity contribution in [2.45, 2.75) is 31.7 Å². The number of amides is 1. The van der Waals surface area contributed by atoms with E-state index in [1.807, 2.05) is 6.07 Å². The van der Waals surface area contributed by atoms with Gasteiger partial charge in [0.15, 0.2) is 0 Å². The maximum atomic E-state index is 11.5. The molecule has 122 valence electrons. The predicted molar refractivity (Wildman–Crippen MR) is 86.0 cm³/mol. The summed E-state index contributed by atoms with van der Waals surface area (Å²) in [5.41, 5.74) is 1.49. The molecule has 1 aliphatic heterocycles. The third-order valence-corrected chi connectivity index (χ3v) is 4.50. The Labute approximate surface area is 135 Å². The number of hydrogen-bond acceptors (Lipinski definition) is 5. The number of likely N-dealkylation sites (tertiary alicyclic amines) is 1. The van der Waals surface area contributed by atoms with Crippen LogP contribution in [0.4, 0.5) is 0 Å². The van der Waals surface area contributed by atoms with Gasteiger partial charge in [0.05, 0.1) is 6.54 Å². The van der Waals surface area contributed by atoms with Crippen LogP contribution >= 0.6 is 0 Å². The van der Waals surface area contributed by atoms with Crippen LogP contribution in [0, 0.1) is 0 Å². The van der Waals surface area contributed by atoms with E-state index >= 15 is 0 Å². The van der Waals surface area contributed by atoms with Crippen LogP contribution in [-0.4, -0.2) is 41.1 Å². The summed E-state index contributed by atoms with van der Waals surface area (Å²) < 4.78 is 5.20. The van der Waals surface area contributed by atoms with E-state index in [4.69, 9.17) is 4.52 Å². The third-order valence-electron chi connectivity index (χ3n) is 4.50. The van der Waals surface area contributed by atoms with E-state index in [0.29, 0.717) is 12.4 Å². The second-order valence-corrected chi connectivity index (χ2v) is 6.33. The van der Waals surface area contributed by atoms with Gasteiger partial charge in [-0.1, -0.05) is 42.4 Å². The molecule has 23 heavy (non-hydrogen) atoms. The van der Waals surface area contributed by atoms with Gasteiger partial charge in [0, 0.05) is 19.0 Å². The van der Waals surface area contributed by atoms with Crippen LogP contribution in [0.5, 0.6) is 0 Å². The lowest BCUT2D eigenvalue weighted by molar-refractivity contribution is 0.0950. The minimum atomic E-state index is -0.326. The van der Waals surface area contributed by atoms with E-state index in [-0.39, 0.29) is 17.1 Å². The zero-order valence-corrected chi connectivity index (χ0v) is 13.6. The fourth-order valence-corrected chi connectivity index (χ4v) is 3.27. The molecule has 1 aliphatic rings. The molecule has 0 radical (unpaired) electrons. The van der Waals surface area contributed by atoms with Gasteiger partial charge in [-0.05, 0) is 24.9 Å². The van der Waals surface area contributed by atoms with Crippen LogP contribution in [0.2, 0.25) is 0 Å². The van der Waals surface area contributed by atoms with Gasteiger partial charge in [0.2, 0.25) is 5.89 Å². The van der Waals surface area contributed by atoms with Crippen molar-refractivity contribution >= 4 is 5.91 Å². The summed E-state index contributed by atoms with van der Waals surface area (Å²) in [7, 11) is 1.55. The average Bonchev–Trinajstić information content (AvgIpc) is 3.03. The minimum Gasteiger partial charge on any atom is -0.352 e. The molecular formula is C17H22N4O2. The molecule has 6 heteroatoms. The third kappa shape index (κ3) is 3.42. The van der Waals surface area contributed by atoms with E-state index in [0.717, 1.165) is 19.5 Å². The molecule has 1 aromatic carbocycles. The summed E-state index contributed by atoms with van der Waals surface area (Å²) >= 11 is 0. The van der Waals surface area contributed by atoms with Crippen molar-refractivity contribution in [2.75, 3.05) is 20.1 Å². The SMILES string of the molecule is CNC(=O)c1noc(CN2CCC[C@](C)(c3ccccc3)C2)n1. The first-order valence-corrected chi connectivity index (χ1v) is 7.93. The number of carbonyl (C=O) groups excluding carboxylic acids is 1. The second kappa shape index (κ2) is 6.50. The first-order valence-electron chi connectivity index (χ1n) is 7.93. The van der Waals surface area contributed by atoms with E-state index in [2.05, 4.69) is 51.5 Å². The molecule has 1 fully saturated rings. The molecule has 6 nitrogen and oxygen atoms in total. The van der Waals surface area contributed by atoms with Crippen LogP contribution in [-0.2, 0) is 12.0 Å². The Kier molecular flexibility index (Phi) is 4.43. The van der Waals surface area contributed by atoms with Gasteiger partial charge in [-0.3, -0.25) is 9.69 Å². The van der Waals surface area contributed by atoms with Crippen molar-refractivity contribution in [1.29, 1.82) is 0 Å². The molecule has 0 spiro atoms. The van der Waals surface area contributed by atoms with Gasteiger partial charge in [0.1, 0.15) is 0 Å². The number of carbonyl (C=O) groups is 1. The van der Waals surface area contributed by atoms with Gasteiger partial charge in [-0.2, -0.15) is 4.98 Å². The smallest absolute Gasteiger partial charge is 0.292 e. The van der Waals surface area contributed by atoms with E-state index in [9.17, 15) is 4.79 Å². The van der Waals surface area contributed by atoms with Gasteiger partial charge < -0.3 is 9.84 Å². The quantitative estimate of drug-likeness (QED) is 0.934. The molecule has 1 atom stereocenters. The Bertz CT molecular complexity index is 670. The summed E-state index contributed by atoms with van der Waals surface area (Å²) in [6.45, 7) is 4.82. The van der Waals surface area contributed by atoms with Crippen LogP contribution in [0.1, 0.15) is 41.8 Å². The van der Waals surface area contributed by atoms with Crippen LogP contribution < -0.4 is 5.32 Å². The largest absolute Gasteiger partial charge is 0.352 e. The van der Waals surface area contributed by atoms with Crippen LogP contribution in [0.3, 0.4) is 0 Å².